The van der Waals surface area contributed by atoms with Gasteiger partial charge in [-0.25, -0.2) is 22.8 Å². The number of phenols is 1. The van der Waals surface area contributed by atoms with Crippen molar-refractivity contribution in [2.45, 2.75) is 106 Å². The number of amides is 3. The maximum absolute atomic E-state index is 12.3. The number of nitrogens with one attached hydrogen (secondary N) is 4. The third kappa shape index (κ3) is 24.0. The fraction of sp³-hybridized carbons (Fsp3) is 0.300. The number of rotatable bonds is 21. The molecule has 3 amide bonds. The number of aryl methyl sites for hydroxylation is 3. The van der Waals surface area contributed by atoms with E-state index in [1.165, 1.54) is 61.9 Å². The van der Waals surface area contributed by atoms with Crippen LogP contribution in [0.25, 0.3) is 0 Å². The Labute approximate surface area is 457 Å². The molecule has 0 unspecified atom stereocenters. The zero-order valence-corrected chi connectivity index (χ0v) is 46.0. The zero-order chi connectivity index (χ0) is 57.1. The second-order valence-electron chi connectivity index (χ2n) is 19.3. The fourth-order valence-corrected chi connectivity index (χ4v) is 7.36. The summed E-state index contributed by atoms with van der Waals surface area (Å²) in [6, 6.07) is 38.4. The molecular formula is C60H70N4O13S. The molecule has 6 aromatic rings. The molecule has 0 aromatic heterocycles. The summed E-state index contributed by atoms with van der Waals surface area (Å²) in [5.74, 6) is -0.574. The Bertz CT molecular complexity index is 3010. The number of ether oxygens (including phenoxy) is 4. The summed E-state index contributed by atoms with van der Waals surface area (Å²) in [4.78, 5) is 68.9. The van der Waals surface area contributed by atoms with Gasteiger partial charge in [0.15, 0.2) is 12.0 Å². The number of aromatic hydroxyl groups is 1. The highest BCUT2D eigenvalue weighted by atomic mass is 32.2. The molecule has 18 heteroatoms. The van der Waals surface area contributed by atoms with E-state index in [9.17, 15) is 42.3 Å². The van der Waals surface area contributed by atoms with E-state index < -0.39 is 39.7 Å². The largest absolute Gasteiger partial charge is 0.507 e. The monoisotopic (exact) mass is 1090 g/mol. The number of hydrogen-bond acceptors (Lipinski definition) is 13. The number of carbonyl (C=O) groups excluding carboxylic acids is 6. The van der Waals surface area contributed by atoms with Gasteiger partial charge in [-0.15, -0.1) is 0 Å². The molecule has 414 valence electrons. The number of hydrogen-bond donors (Lipinski definition) is 5. The Morgan fingerprint density at radius 1 is 0.551 bits per heavy atom. The van der Waals surface area contributed by atoms with E-state index in [0.29, 0.717) is 40.0 Å². The van der Waals surface area contributed by atoms with Gasteiger partial charge in [-0.05, 0) is 130 Å². The first-order chi connectivity index (χ1) is 37.1. The van der Waals surface area contributed by atoms with E-state index >= 15 is 0 Å². The van der Waals surface area contributed by atoms with Crippen LogP contribution in [-0.2, 0) is 55.3 Å². The van der Waals surface area contributed by atoms with Crippen LogP contribution in [0.5, 0.6) is 11.5 Å². The van der Waals surface area contributed by atoms with Crippen molar-refractivity contribution in [3.8, 4) is 11.5 Å². The minimum atomic E-state index is -3.64. The van der Waals surface area contributed by atoms with Crippen molar-refractivity contribution in [1.29, 1.82) is 0 Å². The van der Waals surface area contributed by atoms with Gasteiger partial charge >= 0.3 is 24.2 Å². The lowest BCUT2D eigenvalue weighted by Crippen LogP contribution is -2.26. The van der Waals surface area contributed by atoms with Crippen LogP contribution < -0.4 is 25.4 Å². The molecule has 0 radical (unpaired) electrons. The number of aldehydes is 2. The van der Waals surface area contributed by atoms with Crippen molar-refractivity contribution in [2.24, 2.45) is 5.41 Å². The maximum Gasteiger partial charge on any atom is 0.411 e. The Morgan fingerprint density at radius 3 is 1.45 bits per heavy atom. The highest BCUT2D eigenvalue weighted by Crippen LogP contribution is 2.30. The molecule has 0 atom stereocenters. The van der Waals surface area contributed by atoms with Crippen LogP contribution in [-0.4, -0.2) is 56.6 Å². The molecule has 0 aliphatic heterocycles. The standard InChI is InChI=1S/C28H40N2O6S.C16H15NO4.C16H15NO3/c1-6-7-8-9-10-11-12-21-13-16-23(17-14-21)29-27(32)35-20-22-15-18-25(36-26(31)28(2,3)4)24(19-22)30-37(5,33)34;1-11-2-6-14(7-3-11)17-16(20)21-10-12-4-5-13(9-18)15(19)8-12;1-12-2-8-15(9-3-12)17-16(19)20-11-14-6-4-13(10-18)5-7-14/h13-19,30H,6-12,20H2,1-5H3,(H,29,32);2-9,19H,10H2,1H3,(H,17,20);2-10H,11H2,1H3,(H,17,19). The van der Waals surface area contributed by atoms with Crippen molar-refractivity contribution >= 4 is 69.6 Å². The van der Waals surface area contributed by atoms with Gasteiger partial charge in [-0.2, -0.15) is 0 Å². The van der Waals surface area contributed by atoms with Gasteiger partial charge in [0.1, 0.15) is 31.9 Å². The van der Waals surface area contributed by atoms with Gasteiger partial charge in [-0.1, -0.05) is 123 Å². The molecule has 0 saturated carbocycles. The third-order valence-electron chi connectivity index (χ3n) is 11.2. The molecule has 5 N–H and O–H groups in total. The summed E-state index contributed by atoms with van der Waals surface area (Å²) >= 11 is 0. The molecule has 0 saturated heterocycles. The van der Waals surface area contributed by atoms with Crippen LogP contribution >= 0.6 is 0 Å². The van der Waals surface area contributed by atoms with E-state index in [1.807, 2.05) is 74.5 Å². The van der Waals surface area contributed by atoms with Crippen molar-refractivity contribution in [3.05, 3.63) is 178 Å². The van der Waals surface area contributed by atoms with Gasteiger partial charge < -0.3 is 24.1 Å². The smallest absolute Gasteiger partial charge is 0.411 e. The molecule has 0 fully saturated rings. The van der Waals surface area contributed by atoms with Gasteiger partial charge in [0.25, 0.3) is 0 Å². The molecule has 0 bridgehead atoms. The third-order valence-corrected chi connectivity index (χ3v) is 11.8. The van der Waals surface area contributed by atoms with E-state index in [2.05, 4.69) is 27.6 Å². The molecule has 6 rings (SSSR count). The van der Waals surface area contributed by atoms with Gasteiger partial charge in [-0.3, -0.25) is 35.1 Å². The van der Waals surface area contributed by atoms with E-state index in [4.69, 9.17) is 18.9 Å². The topological polar surface area (TPSA) is 242 Å². The predicted octanol–water partition coefficient (Wildman–Crippen LogP) is 13.5. The lowest BCUT2D eigenvalue weighted by Gasteiger charge is -2.19. The summed E-state index contributed by atoms with van der Waals surface area (Å²) in [5.41, 5.74) is 7.46. The van der Waals surface area contributed by atoms with Crippen LogP contribution in [0, 0.1) is 19.3 Å². The van der Waals surface area contributed by atoms with Gasteiger partial charge in [0.05, 0.1) is 22.9 Å². The minimum Gasteiger partial charge on any atom is -0.507 e. The first kappa shape index (κ1) is 62.0. The number of esters is 1. The lowest BCUT2D eigenvalue weighted by atomic mass is 9.97. The van der Waals surface area contributed by atoms with Crippen LogP contribution in [0.2, 0.25) is 0 Å². The van der Waals surface area contributed by atoms with Crippen molar-refractivity contribution < 1.29 is 61.2 Å². The summed E-state index contributed by atoms with van der Waals surface area (Å²) in [6.07, 6.45) is 9.12. The number of phenolic OH excluding ortho intramolecular Hbond substituents is 1. The van der Waals surface area contributed by atoms with Crippen molar-refractivity contribution in [1.82, 2.24) is 0 Å². The van der Waals surface area contributed by atoms with Crippen LogP contribution in [0.4, 0.5) is 37.1 Å². The SMILES string of the molecule is CCCCCCCCc1ccc(NC(=O)OCc2ccc(OC(=O)C(C)(C)C)c(NS(C)(=O)=O)c2)cc1.Cc1ccc(NC(=O)OCc2ccc(C=O)c(O)c2)cc1.Cc1ccc(NC(=O)OCc2ccc(C=O)cc2)cc1. The second kappa shape index (κ2) is 31.5. The van der Waals surface area contributed by atoms with E-state index in [0.717, 1.165) is 42.1 Å². The highest BCUT2D eigenvalue weighted by Gasteiger charge is 2.25. The van der Waals surface area contributed by atoms with Crippen LogP contribution in [0.1, 0.15) is 120 Å². The Morgan fingerprint density at radius 2 is 0.987 bits per heavy atom. The minimum absolute atomic E-state index is 0.00436. The van der Waals surface area contributed by atoms with Crippen LogP contribution in [0.15, 0.2) is 133 Å². The second-order valence-corrected chi connectivity index (χ2v) is 21.0. The normalized spacial score (nSPS) is 10.7. The van der Waals surface area contributed by atoms with E-state index in [-0.39, 0.29) is 42.6 Å². The highest BCUT2D eigenvalue weighted by molar-refractivity contribution is 7.92. The fourth-order valence-electron chi connectivity index (χ4n) is 6.81. The summed E-state index contributed by atoms with van der Waals surface area (Å²) in [6.45, 7) is 11.3. The maximum atomic E-state index is 12.3. The van der Waals surface area contributed by atoms with Crippen LogP contribution in [0.3, 0.4) is 0 Å². The first-order valence-electron chi connectivity index (χ1n) is 25.3. The van der Waals surface area contributed by atoms with Gasteiger partial charge in [0, 0.05) is 22.6 Å². The Hall–Kier alpha value is -8.51. The van der Waals surface area contributed by atoms with E-state index in [1.54, 1.807) is 69.3 Å². The van der Waals surface area contributed by atoms with Crippen molar-refractivity contribution in [3.63, 3.8) is 0 Å². The lowest BCUT2D eigenvalue weighted by molar-refractivity contribution is -0.142. The average Bonchev–Trinajstić information content (AvgIpc) is 3.41. The average molecular weight is 1090 g/mol. The summed E-state index contributed by atoms with van der Waals surface area (Å²) < 4.78 is 46.8. The number of benzene rings is 6. The molecule has 0 spiro atoms. The molecule has 17 nitrogen and oxygen atoms in total. The summed E-state index contributed by atoms with van der Waals surface area (Å²) in [7, 11) is -3.64. The molecule has 0 aliphatic rings. The number of sulfonamides is 1. The molecule has 6 aromatic carbocycles. The molecule has 0 heterocycles. The Kier molecular flexibility index (Phi) is 25.1. The quantitative estimate of drug-likeness (QED) is 0.0148. The zero-order valence-electron chi connectivity index (χ0n) is 45.2. The molecule has 78 heavy (non-hydrogen) atoms. The Balaban J connectivity index is 0.000000271. The summed E-state index contributed by atoms with van der Waals surface area (Å²) in [5, 5.41) is 17.5. The van der Waals surface area contributed by atoms with Gasteiger partial charge in [0.2, 0.25) is 10.0 Å². The number of carbonyl (C=O) groups is 6. The number of unbranched alkanes of at least 4 members (excludes halogenated alkanes) is 5. The predicted molar refractivity (Wildman–Crippen MR) is 303 cm³/mol. The van der Waals surface area contributed by atoms with Crippen molar-refractivity contribution in [2.75, 3.05) is 26.9 Å². The first-order valence-corrected chi connectivity index (χ1v) is 27.2. The molecule has 0 aliphatic carbocycles. The molecular weight excluding hydrogens is 1020 g/mol. The number of anilines is 4.